The quantitative estimate of drug-likeness (QED) is 0.214. The number of anilines is 1. The number of nitrogens with one attached hydrogen (secondary N) is 1. The van der Waals surface area contributed by atoms with Gasteiger partial charge in [0, 0.05) is 25.6 Å². The summed E-state index contributed by atoms with van der Waals surface area (Å²) in [6.45, 7) is 1.33. The molecule has 0 spiro atoms. The Morgan fingerprint density at radius 1 is 0.844 bits per heavy atom. The van der Waals surface area contributed by atoms with Crippen molar-refractivity contribution in [1.82, 2.24) is 10.2 Å². The molecule has 0 saturated heterocycles. The molecule has 45 heavy (non-hydrogen) atoms. The van der Waals surface area contributed by atoms with Gasteiger partial charge in [-0.1, -0.05) is 60.7 Å². The molecule has 236 valence electrons. The fourth-order valence-corrected chi connectivity index (χ4v) is 6.29. The van der Waals surface area contributed by atoms with Crippen LogP contribution in [-0.4, -0.2) is 58.5 Å². The summed E-state index contributed by atoms with van der Waals surface area (Å²) >= 11 is 0. The lowest BCUT2D eigenvalue weighted by Crippen LogP contribution is -2.53. The Bertz CT molecular complexity index is 1690. The maximum Gasteiger partial charge on any atom is 0.264 e. The normalized spacial score (nSPS) is 11.7. The Morgan fingerprint density at radius 2 is 1.49 bits per heavy atom. The number of carbonyl (C=O) groups excluding carboxylic acids is 2. The molecule has 4 aromatic rings. The van der Waals surface area contributed by atoms with Crippen LogP contribution in [0.5, 0.6) is 11.5 Å². The van der Waals surface area contributed by atoms with Gasteiger partial charge in [-0.25, -0.2) is 12.8 Å². The zero-order chi connectivity index (χ0) is 32.4. The number of ether oxygens (including phenoxy) is 2. The summed E-state index contributed by atoms with van der Waals surface area (Å²) in [4.78, 5) is 29.3. The smallest absolute Gasteiger partial charge is 0.264 e. The van der Waals surface area contributed by atoms with Gasteiger partial charge in [-0.05, 0) is 54.4 Å². The molecule has 1 N–H and O–H groups in total. The topological polar surface area (TPSA) is 105 Å². The second-order valence-corrected chi connectivity index (χ2v) is 12.0. The average Bonchev–Trinajstić information content (AvgIpc) is 3.06. The number of halogens is 1. The van der Waals surface area contributed by atoms with Crippen LogP contribution in [0.3, 0.4) is 0 Å². The first-order valence-electron chi connectivity index (χ1n) is 14.3. The van der Waals surface area contributed by atoms with Crippen molar-refractivity contribution in [2.24, 2.45) is 0 Å². The van der Waals surface area contributed by atoms with E-state index in [-0.39, 0.29) is 29.3 Å². The van der Waals surface area contributed by atoms with Crippen molar-refractivity contribution < 1.29 is 31.9 Å². The number of sulfonamides is 1. The van der Waals surface area contributed by atoms with Gasteiger partial charge < -0.3 is 19.7 Å². The minimum atomic E-state index is -4.33. The van der Waals surface area contributed by atoms with E-state index in [0.29, 0.717) is 17.9 Å². The Balaban J connectivity index is 1.84. The van der Waals surface area contributed by atoms with Gasteiger partial charge in [0.2, 0.25) is 11.8 Å². The van der Waals surface area contributed by atoms with Crippen molar-refractivity contribution >= 4 is 27.5 Å². The highest BCUT2D eigenvalue weighted by Gasteiger charge is 2.35. The van der Waals surface area contributed by atoms with E-state index in [1.807, 2.05) is 30.3 Å². The predicted octanol–water partition coefficient (Wildman–Crippen LogP) is 4.81. The number of carbonyl (C=O) groups is 2. The van der Waals surface area contributed by atoms with E-state index >= 15 is 0 Å². The second kappa shape index (κ2) is 15.2. The molecule has 0 unspecified atom stereocenters. The molecule has 0 aliphatic rings. The van der Waals surface area contributed by atoms with Crippen LogP contribution < -0.4 is 19.1 Å². The van der Waals surface area contributed by atoms with Crippen molar-refractivity contribution in [1.29, 1.82) is 0 Å². The molecule has 0 bridgehead atoms. The molecule has 11 heteroatoms. The summed E-state index contributed by atoms with van der Waals surface area (Å²) in [5.74, 6) is -0.979. The fraction of sp³-hybridized carbons (Fsp3) is 0.235. The van der Waals surface area contributed by atoms with Crippen LogP contribution in [0.25, 0.3) is 0 Å². The van der Waals surface area contributed by atoms with E-state index in [9.17, 15) is 22.4 Å². The van der Waals surface area contributed by atoms with Crippen LogP contribution in [0.2, 0.25) is 0 Å². The van der Waals surface area contributed by atoms with Gasteiger partial charge in [-0.3, -0.25) is 13.9 Å². The second-order valence-electron chi connectivity index (χ2n) is 10.1. The van der Waals surface area contributed by atoms with Crippen LogP contribution in [0.4, 0.5) is 10.1 Å². The Hall–Kier alpha value is -4.90. The highest BCUT2D eigenvalue weighted by Crippen LogP contribution is 2.36. The Labute approximate surface area is 263 Å². The van der Waals surface area contributed by atoms with Gasteiger partial charge in [-0.15, -0.1) is 0 Å². The summed E-state index contributed by atoms with van der Waals surface area (Å²) in [6, 6.07) is 26.1. The summed E-state index contributed by atoms with van der Waals surface area (Å²) in [5.41, 5.74) is 1.44. The van der Waals surface area contributed by atoms with Crippen LogP contribution in [-0.2, 0) is 32.6 Å². The third-order valence-corrected chi connectivity index (χ3v) is 8.93. The number of hydrogen-bond donors (Lipinski definition) is 1. The lowest BCUT2D eigenvalue weighted by atomic mass is 10.0. The number of methoxy groups -OCH3 is 2. The van der Waals surface area contributed by atoms with Crippen LogP contribution in [0.1, 0.15) is 18.1 Å². The van der Waals surface area contributed by atoms with Gasteiger partial charge in [0.05, 0.1) is 24.8 Å². The first kappa shape index (κ1) is 33.0. The first-order chi connectivity index (χ1) is 21.7. The maximum atomic E-state index is 14.5. The number of hydrogen-bond acceptors (Lipinski definition) is 6. The number of benzene rings is 4. The number of rotatable bonds is 14. The maximum absolute atomic E-state index is 14.5. The van der Waals surface area contributed by atoms with E-state index in [1.54, 1.807) is 37.3 Å². The average molecular weight is 634 g/mol. The molecule has 4 aromatic carbocycles. The molecule has 2 amide bonds. The van der Waals surface area contributed by atoms with Gasteiger partial charge in [-0.2, -0.15) is 0 Å². The van der Waals surface area contributed by atoms with Crippen LogP contribution in [0, 0.1) is 5.82 Å². The molecule has 0 heterocycles. The van der Waals surface area contributed by atoms with E-state index in [0.717, 1.165) is 9.87 Å². The molecule has 0 radical (unpaired) electrons. The molecule has 0 saturated carbocycles. The van der Waals surface area contributed by atoms with E-state index in [1.165, 1.54) is 61.6 Å². The van der Waals surface area contributed by atoms with E-state index < -0.39 is 40.2 Å². The minimum absolute atomic E-state index is 0.0441. The standard InChI is InChI=1S/C34H36FN3O6S/c1-4-36-34(40)31(21-25-11-7-5-8-12-25)37(23-26-15-17-27(35)18-16-26)33(39)24-38(45(41,42)29-13-9-6-10-14-29)30-22-28(43-2)19-20-32(30)44-3/h5-20,22,31H,4,21,23-24H2,1-3H3,(H,36,40)/t31-/m1/s1. The van der Waals surface area contributed by atoms with Crippen molar-refractivity contribution in [2.45, 2.75) is 30.8 Å². The van der Waals surface area contributed by atoms with Gasteiger partial charge in [0.25, 0.3) is 10.0 Å². The molecular weight excluding hydrogens is 597 g/mol. The van der Waals surface area contributed by atoms with E-state index in [4.69, 9.17) is 9.47 Å². The lowest BCUT2D eigenvalue weighted by molar-refractivity contribution is -0.140. The van der Waals surface area contributed by atoms with Crippen LogP contribution >= 0.6 is 0 Å². The molecule has 4 rings (SSSR count). The Kier molecular flexibility index (Phi) is 11.2. The molecule has 0 aromatic heterocycles. The summed E-state index contributed by atoms with van der Waals surface area (Å²) < 4.78 is 54.0. The zero-order valence-corrected chi connectivity index (χ0v) is 26.2. The first-order valence-corrected chi connectivity index (χ1v) is 15.8. The van der Waals surface area contributed by atoms with Crippen molar-refractivity contribution in [2.75, 3.05) is 31.6 Å². The molecule has 1 atom stereocenters. The van der Waals surface area contributed by atoms with Crippen molar-refractivity contribution in [3.8, 4) is 11.5 Å². The van der Waals surface area contributed by atoms with E-state index in [2.05, 4.69) is 5.32 Å². The van der Waals surface area contributed by atoms with Gasteiger partial charge in [0.1, 0.15) is 29.9 Å². The lowest BCUT2D eigenvalue weighted by Gasteiger charge is -2.34. The van der Waals surface area contributed by atoms with Crippen molar-refractivity contribution in [3.05, 3.63) is 120 Å². The fourth-order valence-electron chi connectivity index (χ4n) is 4.86. The highest BCUT2D eigenvalue weighted by molar-refractivity contribution is 7.92. The largest absolute Gasteiger partial charge is 0.497 e. The molecule has 0 aliphatic heterocycles. The molecular formula is C34H36FN3O6S. The number of likely N-dealkylation sites (N-methyl/N-ethyl adjacent to an activating group) is 1. The third kappa shape index (κ3) is 8.18. The monoisotopic (exact) mass is 633 g/mol. The number of nitrogens with zero attached hydrogens (tertiary/aromatic N) is 2. The molecule has 0 aliphatic carbocycles. The minimum Gasteiger partial charge on any atom is -0.497 e. The van der Waals surface area contributed by atoms with Gasteiger partial charge in [0.15, 0.2) is 0 Å². The number of amides is 2. The summed E-state index contributed by atoms with van der Waals surface area (Å²) in [6.07, 6.45) is 0.160. The highest BCUT2D eigenvalue weighted by atomic mass is 32.2. The third-order valence-electron chi connectivity index (χ3n) is 7.15. The molecule has 0 fully saturated rings. The SMILES string of the molecule is CCNC(=O)[C@@H](Cc1ccccc1)N(Cc1ccc(F)cc1)C(=O)CN(c1cc(OC)ccc1OC)S(=O)(=O)c1ccccc1. The predicted molar refractivity (Wildman–Crippen MR) is 170 cm³/mol. The van der Waals surface area contributed by atoms with Crippen LogP contribution in [0.15, 0.2) is 108 Å². The Morgan fingerprint density at radius 3 is 2.09 bits per heavy atom. The zero-order valence-electron chi connectivity index (χ0n) is 25.4. The van der Waals surface area contributed by atoms with Gasteiger partial charge >= 0.3 is 0 Å². The molecule has 9 nitrogen and oxygen atoms in total. The summed E-state index contributed by atoms with van der Waals surface area (Å²) in [7, 11) is -1.50. The van der Waals surface area contributed by atoms with Crippen molar-refractivity contribution in [3.63, 3.8) is 0 Å². The summed E-state index contributed by atoms with van der Waals surface area (Å²) in [5, 5.41) is 2.81.